The fourth-order valence-electron chi connectivity index (χ4n) is 1.88. The van der Waals surface area contributed by atoms with Gasteiger partial charge in [-0.25, -0.2) is 4.68 Å². The Morgan fingerprint density at radius 3 is 2.67 bits per heavy atom. The number of rotatable bonds is 4. The quantitative estimate of drug-likeness (QED) is 0.928. The second-order valence-electron chi connectivity index (χ2n) is 4.51. The van der Waals surface area contributed by atoms with Crippen molar-refractivity contribution in [1.29, 1.82) is 0 Å². The van der Waals surface area contributed by atoms with Gasteiger partial charge in [0.2, 0.25) is 0 Å². The molecule has 0 saturated heterocycles. The van der Waals surface area contributed by atoms with Crippen molar-refractivity contribution in [1.82, 2.24) is 19.6 Å². The van der Waals surface area contributed by atoms with Gasteiger partial charge in [-0.05, 0) is 26.8 Å². The van der Waals surface area contributed by atoms with Gasteiger partial charge in [-0.15, -0.1) is 12.4 Å². The minimum atomic E-state index is 0. The minimum absolute atomic E-state index is 0. The van der Waals surface area contributed by atoms with Gasteiger partial charge < -0.3 is 5.32 Å². The van der Waals surface area contributed by atoms with Crippen LogP contribution in [0.5, 0.6) is 0 Å². The van der Waals surface area contributed by atoms with Gasteiger partial charge in [-0.1, -0.05) is 0 Å². The molecule has 5 nitrogen and oxygen atoms in total. The van der Waals surface area contributed by atoms with E-state index < -0.39 is 0 Å². The van der Waals surface area contributed by atoms with Gasteiger partial charge in [-0.2, -0.15) is 10.2 Å². The molecule has 6 heteroatoms. The zero-order valence-electron chi connectivity index (χ0n) is 11.2. The highest BCUT2D eigenvalue weighted by Gasteiger charge is 2.06. The molecule has 100 valence electrons. The first-order chi connectivity index (χ1) is 8.08. The third-order valence-electron chi connectivity index (χ3n) is 2.71. The molecule has 0 atom stereocenters. The summed E-state index contributed by atoms with van der Waals surface area (Å²) in [6.45, 7) is 7.00. The minimum Gasteiger partial charge on any atom is -0.365 e. The Balaban J connectivity index is 0.00000162. The molecule has 0 spiro atoms. The molecular formula is C12H20ClN5. The van der Waals surface area contributed by atoms with Crippen LogP contribution < -0.4 is 5.32 Å². The summed E-state index contributed by atoms with van der Waals surface area (Å²) in [5.41, 5.74) is 2.21. The van der Waals surface area contributed by atoms with Crippen molar-refractivity contribution in [3.8, 4) is 0 Å². The SMILES string of the molecule is Cc1cc(CNc2ccnn2C(C)C)n(C)n1.Cl. The van der Waals surface area contributed by atoms with Gasteiger partial charge in [0, 0.05) is 19.2 Å². The molecule has 0 aliphatic carbocycles. The van der Waals surface area contributed by atoms with Crippen molar-refractivity contribution >= 4 is 18.2 Å². The van der Waals surface area contributed by atoms with Crippen molar-refractivity contribution in [3.05, 3.63) is 29.7 Å². The summed E-state index contributed by atoms with van der Waals surface area (Å²) in [6, 6.07) is 4.44. The van der Waals surface area contributed by atoms with Crippen molar-refractivity contribution in [2.45, 2.75) is 33.4 Å². The van der Waals surface area contributed by atoms with Crippen LogP contribution in [0.3, 0.4) is 0 Å². The van der Waals surface area contributed by atoms with Crippen LogP contribution in [0.4, 0.5) is 5.82 Å². The first-order valence-electron chi connectivity index (χ1n) is 5.85. The first kappa shape index (κ1) is 14.6. The van der Waals surface area contributed by atoms with Crippen LogP contribution in [0.25, 0.3) is 0 Å². The van der Waals surface area contributed by atoms with Crippen molar-refractivity contribution < 1.29 is 0 Å². The summed E-state index contributed by atoms with van der Waals surface area (Å²) < 4.78 is 3.88. The highest BCUT2D eigenvalue weighted by Crippen LogP contribution is 2.14. The normalized spacial score (nSPS) is 10.5. The van der Waals surface area contributed by atoms with Crippen molar-refractivity contribution in [2.75, 3.05) is 5.32 Å². The van der Waals surface area contributed by atoms with Gasteiger partial charge in [0.25, 0.3) is 0 Å². The average molecular weight is 270 g/mol. The van der Waals surface area contributed by atoms with Crippen LogP contribution in [0.1, 0.15) is 31.3 Å². The van der Waals surface area contributed by atoms with Crippen molar-refractivity contribution in [2.24, 2.45) is 7.05 Å². The summed E-state index contributed by atoms with van der Waals surface area (Å²) in [4.78, 5) is 0. The van der Waals surface area contributed by atoms with E-state index in [0.717, 1.165) is 18.1 Å². The van der Waals surface area contributed by atoms with Crippen molar-refractivity contribution in [3.63, 3.8) is 0 Å². The maximum atomic E-state index is 4.32. The Morgan fingerprint density at radius 1 is 1.39 bits per heavy atom. The molecule has 2 aromatic rings. The third kappa shape index (κ3) is 3.04. The standard InChI is InChI=1S/C12H19N5.ClH/c1-9(2)17-12(5-6-14-17)13-8-11-7-10(3)15-16(11)4;/h5-7,9,13H,8H2,1-4H3;1H. The van der Waals surface area contributed by atoms with E-state index in [0.29, 0.717) is 6.04 Å². The maximum absolute atomic E-state index is 4.32. The average Bonchev–Trinajstić information content (AvgIpc) is 2.82. The van der Waals surface area contributed by atoms with Gasteiger partial charge in [0.15, 0.2) is 0 Å². The first-order valence-corrected chi connectivity index (χ1v) is 5.85. The lowest BCUT2D eigenvalue weighted by atomic mass is 10.3. The number of hydrogen-bond donors (Lipinski definition) is 1. The van der Waals surface area contributed by atoms with E-state index >= 15 is 0 Å². The van der Waals surface area contributed by atoms with Crippen LogP contribution in [-0.2, 0) is 13.6 Å². The summed E-state index contributed by atoms with van der Waals surface area (Å²) in [7, 11) is 1.96. The molecule has 0 unspecified atom stereocenters. The molecule has 0 saturated carbocycles. The van der Waals surface area contributed by atoms with Crippen LogP contribution in [0, 0.1) is 6.92 Å². The lowest BCUT2D eigenvalue weighted by Gasteiger charge is -2.12. The number of aromatic nitrogens is 4. The summed E-state index contributed by atoms with van der Waals surface area (Å²) in [5.74, 6) is 1.04. The number of hydrogen-bond acceptors (Lipinski definition) is 3. The van der Waals surface area contributed by atoms with Gasteiger partial charge in [-0.3, -0.25) is 4.68 Å². The molecule has 0 aliphatic heterocycles. The molecule has 0 fully saturated rings. The topological polar surface area (TPSA) is 47.7 Å². The monoisotopic (exact) mass is 269 g/mol. The maximum Gasteiger partial charge on any atom is 0.124 e. The van der Waals surface area contributed by atoms with E-state index in [4.69, 9.17) is 0 Å². The molecule has 0 radical (unpaired) electrons. The van der Waals surface area contributed by atoms with Crippen LogP contribution >= 0.6 is 12.4 Å². The fraction of sp³-hybridized carbons (Fsp3) is 0.500. The number of aryl methyl sites for hydroxylation is 2. The molecule has 0 bridgehead atoms. The van der Waals surface area contributed by atoms with Gasteiger partial charge >= 0.3 is 0 Å². The smallest absolute Gasteiger partial charge is 0.124 e. The Labute approximate surface area is 114 Å². The third-order valence-corrected chi connectivity index (χ3v) is 2.71. The molecule has 2 aromatic heterocycles. The number of nitrogens with one attached hydrogen (secondary N) is 1. The second-order valence-corrected chi connectivity index (χ2v) is 4.51. The molecule has 1 N–H and O–H groups in total. The zero-order chi connectivity index (χ0) is 12.4. The molecular weight excluding hydrogens is 250 g/mol. The largest absolute Gasteiger partial charge is 0.365 e. The Morgan fingerprint density at radius 2 is 2.11 bits per heavy atom. The molecule has 2 heterocycles. The predicted octanol–water partition coefficient (Wildman–Crippen LogP) is 2.54. The molecule has 0 aromatic carbocycles. The van der Waals surface area contributed by atoms with E-state index in [9.17, 15) is 0 Å². The number of halogens is 1. The van der Waals surface area contributed by atoms with Gasteiger partial charge in [0.05, 0.1) is 24.1 Å². The van der Waals surface area contributed by atoms with Crippen LogP contribution in [0.2, 0.25) is 0 Å². The Hall–Kier alpha value is -1.49. The fourth-order valence-corrected chi connectivity index (χ4v) is 1.88. The lowest BCUT2D eigenvalue weighted by molar-refractivity contribution is 0.537. The molecule has 0 amide bonds. The van der Waals surface area contributed by atoms with E-state index in [1.54, 1.807) is 0 Å². The summed E-state index contributed by atoms with van der Waals surface area (Å²) in [5, 5.41) is 12.0. The molecule has 2 rings (SSSR count). The number of anilines is 1. The summed E-state index contributed by atoms with van der Waals surface area (Å²) >= 11 is 0. The van der Waals surface area contributed by atoms with E-state index in [1.807, 2.05) is 35.6 Å². The predicted molar refractivity (Wildman–Crippen MR) is 75.1 cm³/mol. The highest BCUT2D eigenvalue weighted by atomic mass is 35.5. The highest BCUT2D eigenvalue weighted by molar-refractivity contribution is 5.85. The molecule has 0 aliphatic rings. The van der Waals surface area contributed by atoms with E-state index in [1.165, 1.54) is 5.69 Å². The van der Waals surface area contributed by atoms with E-state index in [2.05, 4.69) is 35.4 Å². The zero-order valence-corrected chi connectivity index (χ0v) is 12.0. The summed E-state index contributed by atoms with van der Waals surface area (Å²) in [6.07, 6.45) is 1.82. The van der Waals surface area contributed by atoms with Gasteiger partial charge in [0.1, 0.15) is 5.82 Å². The second kappa shape index (κ2) is 5.91. The Kier molecular flexibility index (Phi) is 4.78. The van der Waals surface area contributed by atoms with Crippen LogP contribution in [0.15, 0.2) is 18.3 Å². The lowest BCUT2D eigenvalue weighted by Crippen LogP contribution is -2.11. The van der Waals surface area contributed by atoms with Crippen LogP contribution in [-0.4, -0.2) is 19.6 Å². The molecule has 18 heavy (non-hydrogen) atoms. The van der Waals surface area contributed by atoms with E-state index in [-0.39, 0.29) is 12.4 Å². The Bertz CT molecular complexity index is 500. The number of nitrogens with zero attached hydrogens (tertiary/aromatic N) is 4.